The molecule has 0 aromatic rings. The van der Waals surface area contributed by atoms with E-state index in [9.17, 15) is 4.79 Å². The number of carbonyl (C=O) groups is 1. The molecule has 3 heteroatoms. The summed E-state index contributed by atoms with van der Waals surface area (Å²) in [6, 6.07) is 0. The van der Waals surface area contributed by atoms with Gasteiger partial charge in [0.05, 0.1) is 0 Å². The first-order chi connectivity index (χ1) is 5.99. The van der Waals surface area contributed by atoms with E-state index in [-0.39, 0.29) is 5.41 Å². The summed E-state index contributed by atoms with van der Waals surface area (Å²) in [5.74, 6) is 0.292. The molecule has 0 atom stereocenters. The minimum Gasteiger partial charge on any atom is -0.341 e. The standard InChI is InChI=1S/C10H20N2O/c1-10(2,3)8-12-7-6-11-5-4-9(12)13/h11H,4-8H2,1-3H3. The van der Waals surface area contributed by atoms with Gasteiger partial charge in [-0.15, -0.1) is 0 Å². The number of rotatable bonds is 1. The maximum atomic E-state index is 11.6. The van der Waals surface area contributed by atoms with Gasteiger partial charge in [0.15, 0.2) is 0 Å². The van der Waals surface area contributed by atoms with Crippen molar-refractivity contribution in [1.29, 1.82) is 0 Å². The highest BCUT2D eigenvalue weighted by molar-refractivity contribution is 5.76. The van der Waals surface area contributed by atoms with Crippen molar-refractivity contribution in [1.82, 2.24) is 10.2 Å². The van der Waals surface area contributed by atoms with Gasteiger partial charge >= 0.3 is 0 Å². The molecule has 1 aliphatic rings. The van der Waals surface area contributed by atoms with Crippen LogP contribution in [-0.2, 0) is 4.79 Å². The molecule has 1 fully saturated rings. The van der Waals surface area contributed by atoms with Crippen molar-refractivity contribution in [2.45, 2.75) is 27.2 Å². The van der Waals surface area contributed by atoms with Gasteiger partial charge in [-0.25, -0.2) is 0 Å². The minimum atomic E-state index is 0.208. The van der Waals surface area contributed by atoms with E-state index < -0.39 is 0 Å². The molecule has 13 heavy (non-hydrogen) atoms. The summed E-state index contributed by atoms with van der Waals surface area (Å²) in [5.41, 5.74) is 0.208. The highest BCUT2D eigenvalue weighted by atomic mass is 16.2. The molecular weight excluding hydrogens is 164 g/mol. The van der Waals surface area contributed by atoms with Crippen LogP contribution in [0.25, 0.3) is 0 Å². The number of nitrogens with one attached hydrogen (secondary N) is 1. The molecule has 1 heterocycles. The third-order valence-corrected chi connectivity index (χ3v) is 2.09. The summed E-state index contributed by atoms with van der Waals surface area (Å²) in [7, 11) is 0. The van der Waals surface area contributed by atoms with Crippen LogP contribution in [0.15, 0.2) is 0 Å². The predicted octanol–water partition coefficient (Wildman–Crippen LogP) is 0.854. The molecule has 1 saturated heterocycles. The Morgan fingerprint density at radius 2 is 2.08 bits per heavy atom. The maximum absolute atomic E-state index is 11.6. The summed E-state index contributed by atoms with van der Waals surface area (Å²) in [4.78, 5) is 13.6. The summed E-state index contributed by atoms with van der Waals surface area (Å²) < 4.78 is 0. The molecule has 0 aromatic carbocycles. The van der Waals surface area contributed by atoms with E-state index >= 15 is 0 Å². The zero-order valence-electron chi connectivity index (χ0n) is 8.89. The van der Waals surface area contributed by atoms with Crippen molar-refractivity contribution in [3.8, 4) is 0 Å². The Labute approximate surface area is 80.5 Å². The smallest absolute Gasteiger partial charge is 0.223 e. The van der Waals surface area contributed by atoms with Crippen LogP contribution in [0.5, 0.6) is 0 Å². The third kappa shape index (κ3) is 3.77. The van der Waals surface area contributed by atoms with Gasteiger partial charge in [0, 0.05) is 32.6 Å². The molecule has 1 N–H and O–H groups in total. The van der Waals surface area contributed by atoms with E-state index in [1.165, 1.54) is 0 Å². The van der Waals surface area contributed by atoms with E-state index in [2.05, 4.69) is 26.1 Å². The molecule has 0 aliphatic carbocycles. The van der Waals surface area contributed by atoms with Crippen LogP contribution in [0.2, 0.25) is 0 Å². The number of nitrogens with zero attached hydrogens (tertiary/aromatic N) is 1. The molecule has 1 rings (SSSR count). The first kappa shape index (κ1) is 10.5. The second-order valence-corrected chi connectivity index (χ2v) is 4.88. The molecule has 1 aliphatic heterocycles. The summed E-state index contributed by atoms with van der Waals surface area (Å²) in [6.07, 6.45) is 0.649. The molecular formula is C10H20N2O. The zero-order valence-corrected chi connectivity index (χ0v) is 8.89. The van der Waals surface area contributed by atoms with Gasteiger partial charge in [-0.3, -0.25) is 4.79 Å². The van der Waals surface area contributed by atoms with Gasteiger partial charge in [-0.05, 0) is 5.41 Å². The van der Waals surface area contributed by atoms with Crippen molar-refractivity contribution in [3.63, 3.8) is 0 Å². The number of hydrogen-bond donors (Lipinski definition) is 1. The minimum absolute atomic E-state index is 0.208. The molecule has 0 unspecified atom stereocenters. The van der Waals surface area contributed by atoms with Crippen LogP contribution in [-0.4, -0.2) is 37.0 Å². The van der Waals surface area contributed by atoms with Crippen LogP contribution >= 0.6 is 0 Å². The molecule has 0 bridgehead atoms. The van der Waals surface area contributed by atoms with Gasteiger partial charge in [-0.1, -0.05) is 20.8 Å². The zero-order chi connectivity index (χ0) is 9.90. The lowest BCUT2D eigenvalue weighted by Crippen LogP contribution is -2.38. The van der Waals surface area contributed by atoms with Crippen molar-refractivity contribution in [2.24, 2.45) is 5.41 Å². The highest BCUT2D eigenvalue weighted by Crippen LogP contribution is 2.15. The second kappa shape index (κ2) is 4.09. The van der Waals surface area contributed by atoms with E-state index in [0.717, 1.165) is 26.2 Å². The van der Waals surface area contributed by atoms with Crippen LogP contribution in [0.4, 0.5) is 0 Å². The Morgan fingerprint density at radius 1 is 1.38 bits per heavy atom. The molecule has 1 amide bonds. The molecule has 3 nitrogen and oxygen atoms in total. The van der Waals surface area contributed by atoms with Crippen molar-refractivity contribution >= 4 is 5.91 Å². The average molecular weight is 184 g/mol. The van der Waals surface area contributed by atoms with Gasteiger partial charge in [0.2, 0.25) is 5.91 Å². The van der Waals surface area contributed by atoms with Crippen molar-refractivity contribution < 1.29 is 4.79 Å². The Balaban J connectivity index is 2.50. The Hall–Kier alpha value is -0.570. The van der Waals surface area contributed by atoms with Gasteiger partial charge in [-0.2, -0.15) is 0 Å². The van der Waals surface area contributed by atoms with Gasteiger partial charge in [0.1, 0.15) is 0 Å². The second-order valence-electron chi connectivity index (χ2n) is 4.88. The summed E-state index contributed by atoms with van der Waals surface area (Å²) in [6.45, 7) is 9.99. The Morgan fingerprint density at radius 3 is 2.69 bits per heavy atom. The quantitative estimate of drug-likeness (QED) is 0.655. The fraction of sp³-hybridized carbons (Fsp3) is 0.900. The molecule has 0 aromatic heterocycles. The van der Waals surface area contributed by atoms with Gasteiger partial charge in [0.25, 0.3) is 0 Å². The SMILES string of the molecule is CC(C)(C)CN1CCNCCC1=O. The maximum Gasteiger partial charge on any atom is 0.223 e. The molecule has 0 saturated carbocycles. The first-order valence-electron chi connectivity index (χ1n) is 4.97. The highest BCUT2D eigenvalue weighted by Gasteiger charge is 2.21. The number of amides is 1. The van der Waals surface area contributed by atoms with E-state index in [4.69, 9.17) is 0 Å². The van der Waals surface area contributed by atoms with Crippen LogP contribution < -0.4 is 5.32 Å². The normalized spacial score (nSPS) is 20.2. The molecule has 0 spiro atoms. The van der Waals surface area contributed by atoms with Crippen molar-refractivity contribution in [3.05, 3.63) is 0 Å². The van der Waals surface area contributed by atoms with E-state index in [1.54, 1.807) is 0 Å². The predicted molar refractivity (Wildman–Crippen MR) is 53.5 cm³/mol. The summed E-state index contributed by atoms with van der Waals surface area (Å²) >= 11 is 0. The third-order valence-electron chi connectivity index (χ3n) is 2.09. The fourth-order valence-electron chi connectivity index (χ4n) is 1.56. The molecule has 0 radical (unpaired) electrons. The van der Waals surface area contributed by atoms with Crippen molar-refractivity contribution in [2.75, 3.05) is 26.2 Å². The Kier molecular flexibility index (Phi) is 3.31. The average Bonchev–Trinajstić information content (AvgIpc) is 2.14. The summed E-state index contributed by atoms with van der Waals surface area (Å²) in [5, 5.41) is 3.23. The van der Waals surface area contributed by atoms with E-state index in [0.29, 0.717) is 12.3 Å². The lowest BCUT2D eigenvalue weighted by molar-refractivity contribution is -0.131. The van der Waals surface area contributed by atoms with Crippen LogP contribution in [0.3, 0.4) is 0 Å². The largest absolute Gasteiger partial charge is 0.341 e. The van der Waals surface area contributed by atoms with E-state index in [1.807, 2.05) is 4.90 Å². The van der Waals surface area contributed by atoms with Crippen LogP contribution in [0, 0.1) is 5.41 Å². The van der Waals surface area contributed by atoms with Crippen LogP contribution in [0.1, 0.15) is 27.2 Å². The monoisotopic (exact) mass is 184 g/mol. The Bertz CT molecular complexity index is 184. The first-order valence-corrected chi connectivity index (χ1v) is 4.97. The van der Waals surface area contributed by atoms with Gasteiger partial charge < -0.3 is 10.2 Å². The number of carbonyl (C=O) groups excluding carboxylic acids is 1. The lowest BCUT2D eigenvalue weighted by Gasteiger charge is -2.28. The lowest BCUT2D eigenvalue weighted by atomic mass is 9.96. The fourth-order valence-corrected chi connectivity index (χ4v) is 1.56. The molecule has 76 valence electrons. The number of hydrogen-bond acceptors (Lipinski definition) is 2. The topological polar surface area (TPSA) is 32.3 Å².